The maximum Gasteiger partial charge on any atom is 0.0657 e. The Kier molecular flexibility index (Phi) is 3.54. The molecular weight excluding hydrogens is 244 g/mol. The predicted octanol–water partition coefficient (Wildman–Crippen LogP) is 4.17. The third-order valence-corrected chi connectivity index (χ3v) is 4.05. The van der Waals surface area contributed by atoms with Crippen molar-refractivity contribution in [3.63, 3.8) is 0 Å². The highest BCUT2D eigenvalue weighted by Gasteiger charge is 2.35. The van der Waals surface area contributed by atoms with Crippen molar-refractivity contribution in [3.05, 3.63) is 28.8 Å². The third kappa shape index (κ3) is 2.47. The molecule has 1 saturated heterocycles. The standard InChI is InChI=1S/C15H19ClN2/c1-11-8-13(16)4-5-14(11)18-7-6-12(10-17)9-15(18,2)3/h4-5,8,12H,6-7,9H2,1-3H3. The molecule has 18 heavy (non-hydrogen) atoms. The van der Waals surface area contributed by atoms with Crippen molar-refractivity contribution in [1.82, 2.24) is 0 Å². The first kappa shape index (κ1) is 13.2. The van der Waals surface area contributed by atoms with Gasteiger partial charge in [-0.05, 0) is 57.4 Å². The predicted molar refractivity (Wildman–Crippen MR) is 76.0 cm³/mol. The van der Waals surface area contributed by atoms with Crippen molar-refractivity contribution in [2.24, 2.45) is 5.92 Å². The smallest absolute Gasteiger partial charge is 0.0657 e. The SMILES string of the molecule is Cc1cc(Cl)ccc1N1CCC(C#N)CC1(C)C. The van der Waals surface area contributed by atoms with E-state index in [4.69, 9.17) is 16.9 Å². The van der Waals surface area contributed by atoms with Gasteiger partial charge >= 0.3 is 0 Å². The van der Waals surface area contributed by atoms with Crippen LogP contribution in [0, 0.1) is 24.2 Å². The van der Waals surface area contributed by atoms with Crippen molar-refractivity contribution in [1.29, 1.82) is 5.26 Å². The molecule has 0 aliphatic carbocycles. The minimum atomic E-state index is 0.0250. The molecule has 0 N–H and O–H groups in total. The lowest BCUT2D eigenvalue weighted by Gasteiger charge is -2.46. The van der Waals surface area contributed by atoms with Crippen molar-refractivity contribution >= 4 is 17.3 Å². The summed E-state index contributed by atoms with van der Waals surface area (Å²) in [5.74, 6) is 0.184. The molecule has 0 radical (unpaired) electrons. The number of hydrogen-bond donors (Lipinski definition) is 0. The van der Waals surface area contributed by atoms with Crippen molar-refractivity contribution in [3.8, 4) is 6.07 Å². The van der Waals surface area contributed by atoms with Crippen LogP contribution in [-0.4, -0.2) is 12.1 Å². The first-order valence-corrected chi connectivity index (χ1v) is 6.75. The summed E-state index contributed by atoms with van der Waals surface area (Å²) in [5, 5.41) is 9.86. The van der Waals surface area contributed by atoms with Gasteiger partial charge in [-0.2, -0.15) is 5.26 Å². The number of benzene rings is 1. The number of hydrogen-bond acceptors (Lipinski definition) is 2. The lowest BCUT2D eigenvalue weighted by Crippen LogP contribution is -2.50. The van der Waals surface area contributed by atoms with Crippen LogP contribution in [0.15, 0.2) is 18.2 Å². The van der Waals surface area contributed by atoms with Gasteiger partial charge in [0.05, 0.1) is 12.0 Å². The minimum absolute atomic E-state index is 0.0250. The molecule has 0 aromatic heterocycles. The summed E-state index contributed by atoms with van der Waals surface area (Å²) in [7, 11) is 0. The Balaban J connectivity index is 2.31. The topological polar surface area (TPSA) is 27.0 Å². The summed E-state index contributed by atoms with van der Waals surface area (Å²) < 4.78 is 0. The highest BCUT2D eigenvalue weighted by Crippen LogP contribution is 2.37. The van der Waals surface area contributed by atoms with E-state index in [1.165, 1.54) is 11.3 Å². The number of nitriles is 1. The molecule has 0 spiro atoms. The van der Waals surface area contributed by atoms with Crippen LogP contribution in [0.3, 0.4) is 0 Å². The summed E-state index contributed by atoms with van der Waals surface area (Å²) in [5.41, 5.74) is 2.46. The Labute approximate surface area is 114 Å². The average molecular weight is 263 g/mol. The maximum atomic E-state index is 9.09. The quantitative estimate of drug-likeness (QED) is 0.760. The first-order valence-electron chi connectivity index (χ1n) is 6.37. The molecule has 1 atom stereocenters. The molecule has 1 aliphatic heterocycles. The Morgan fingerprint density at radius 3 is 2.72 bits per heavy atom. The molecule has 1 aromatic rings. The van der Waals surface area contributed by atoms with E-state index in [1.54, 1.807) is 0 Å². The van der Waals surface area contributed by atoms with Crippen molar-refractivity contribution in [2.75, 3.05) is 11.4 Å². The zero-order chi connectivity index (χ0) is 13.3. The Hall–Kier alpha value is -1.20. The lowest BCUT2D eigenvalue weighted by atomic mass is 9.82. The van der Waals surface area contributed by atoms with E-state index in [0.29, 0.717) is 0 Å². The number of aryl methyl sites for hydroxylation is 1. The van der Waals surface area contributed by atoms with Gasteiger partial charge in [-0.25, -0.2) is 0 Å². The number of piperidine rings is 1. The Morgan fingerprint density at radius 1 is 1.44 bits per heavy atom. The van der Waals surface area contributed by atoms with Crippen LogP contribution in [-0.2, 0) is 0 Å². The first-order chi connectivity index (χ1) is 8.44. The molecule has 1 aliphatic rings. The summed E-state index contributed by atoms with van der Waals surface area (Å²) in [6.07, 6.45) is 1.87. The fourth-order valence-electron chi connectivity index (χ4n) is 2.88. The van der Waals surface area contributed by atoms with Gasteiger partial charge in [0.2, 0.25) is 0 Å². The number of nitrogens with zero attached hydrogens (tertiary/aromatic N) is 2. The van der Waals surface area contributed by atoms with Crippen LogP contribution in [0.25, 0.3) is 0 Å². The maximum absolute atomic E-state index is 9.09. The van der Waals surface area contributed by atoms with Gasteiger partial charge in [0.15, 0.2) is 0 Å². The fraction of sp³-hybridized carbons (Fsp3) is 0.533. The molecule has 3 heteroatoms. The molecular formula is C15H19ClN2. The molecule has 0 bridgehead atoms. The van der Waals surface area contributed by atoms with Crippen LogP contribution in [0.2, 0.25) is 5.02 Å². The summed E-state index contributed by atoms with van der Waals surface area (Å²) in [6.45, 7) is 7.45. The van der Waals surface area contributed by atoms with E-state index in [9.17, 15) is 0 Å². The summed E-state index contributed by atoms with van der Waals surface area (Å²) in [4.78, 5) is 2.41. The average Bonchev–Trinajstić information content (AvgIpc) is 2.29. The second-order valence-corrected chi connectivity index (χ2v) is 6.15. The van der Waals surface area contributed by atoms with Gasteiger partial charge in [0, 0.05) is 22.8 Å². The largest absolute Gasteiger partial charge is 0.366 e. The molecule has 1 aromatic carbocycles. The molecule has 2 nitrogen and oxygen atoms in total. The van der Waals surface area contributed by atoms with Crippen LogP contribution in [0.4, 0.5) is 5.69 Å². The van der Waals surface area contributed by atoms with Gasteiger partial charge < -0.3 is 4.90 Å². The minimum Gasteiger partial charge on any atom is -0.366 e. The van der Waals surface area contributed by atoms with Crippen molar-refractivity contribution < 1.29 is 0 Å². The monoisotopic (exact) mass is 262 g/mol. The third-order valence-electron chi connectivity index (χ3n) is 3.81. The fourth-order valence-corrected chi connectivity index (χ4v) is 3.11. The van der Waals surface area contributed by atoms with Gasteiger partial charge in [-0.1, -0.05) is 11.6 Å². The number of halogens is 1. The lowest BCUT2D eigenvalue weighted by molar-refractivity contribution is 0.315. The molecule has 1 fully saturated rings. The molecule has 96 valence electrons. The van der Waals surface area contributed by atoms with Gasteiger partial charge in [-0.15, -0.1) is 0 Å². The van der Waals surface area contributed by atoms with E-state index >= 15 is 0 Å². The molecule has 1 heterocycles. The van der Waals surface area contributed by atoms with E-state index in [0.717, 1.165) is 24.4 Å². The second-order valence-electron chi connectivity index (χ2n) is 5.71. The van der Waals surface area contributed by atoms with E-state index in [-0.39, 0.29) is 11.5 Å². The summed E-state index contributed by atoms with van der Waals surface area (Å²) in [6, 6.07) is 8.44. The summed E-state index contributed by atoms with van der Waals surface area (Å²) >= 11 is 6.01. The zero-order valence-corrected chi connectivity index (χ0v) is 12.0. The van der Waals surface area contributed by atoms with Crippen LogP contribution < -0.4 is 4.90 Å². The van der Waals surface area contributed by atoms with E-state index in [1.807, 2.05) is 12.1 Å². The van der Waals surface area contributed by atoms with Crippen LogP contribution in [0.5, 0.6) is 0 Å². The van der Waals surface area contributed by atoms with Gasteiger partial charge in [0.1, 0.15) is 0 Å². The Bertz CT molecular complexity index is 488. The zero-order valence-electron chi connectivity index (χ0n) is 11.2. The number of rotatable bonds is 1. The van der Waals surface area contributed by atoms with Crippen LogP contribution >= 0.6 is 11.6 Å². The highest BCUT2D eigenvalue weighted by atomic mass is 35.5. The molecule has 0 amide bonds. The van der Waals surface area contributed by atoms with Gasteiger partial charge in [-0.3, -0.25) is 0 Å². The van der Waals surface area contributed by atoms with Crippen LogP contribution in [0.1, 0.15) is 32.3 Å². The number of anilines is 1. The highest BCUT2D eigenvalue weighted by molar-refractivity contribution is 6.30. The molecule has 2 rings (SSSR count). The molecule has 0 saturated carbocycles. The van der Waals surface area contributed by atoms with E-state index < -0.39 is 0 Å². The Morgan fingerprint density at radius 2 is 2.17 bits per heavy atom. The van der Waals surface area contributed by atoms with Gasteiger partial charge in [0.25, 0.3) is 0 Å². The van der Waals surface area contributed by atoms with Crippen molar-refractivity contribution in [2.45, 2.75) is 39.2 Å². The normalized spacial score (nSPS) is 22.6. The molecule has 1 unspecified atom stereocenters. The second kappa shape index (κ2) is 4.82. The van der Waals surface area contributed by atoms with E-state index in [2.05, 4.69) is 37.8 Å².